The van der Waals surface area contributed by atoms with Gasteiger partial charge < -0.3 is 14.8 Å². The number of ether oxygens (including phenoxy) is 2. The van der Waals surface area contributed by atoms with Crippen LogP contribution in [0.25, 0.3) is 0 Å². The van der Waals surface area contributed by atoms with E-state index in [0.717, 1.165) is 28.9 Å². The van der Waals surface area contributed by atoms with Crippen molar-refractivity contribution in [1.82, 2.24) is 10.2 Å². The van der Waals surface area contributed by atoms with Gasteiger partial charge in [0.05, 0.1) is 13.2 Å². The lowest BCUT2D eigenvalue weighted by Crippen LogP contribution is -2.38. The van der Waals surface area contributed by atoms with Crippen molar-refractivity contribution in [2.45, 2.75) is 18.9 Å². The third kappa shape index (κ3) is 5.47. The van der Waals surface area contributed by atoms with Crippen molar-refractivity contribution in [2.75, 3.05) is 33.4 Å². The number of halogens is 1. The Morgan fingerprint density at radius 3 is 2.70 bits per heavy atom. The molecule has 1 saturated heterocycles. The summed E-state index contributed by atoms with van der Waals surface area (Å²) in [6.45, 7) is 2.59. The van der Waals surface area contributed by atoms with Crippen molar-refractivity contribution < 1.29 is 14.3 Å². The average molecular weight is 433 g/mol. The van der Waals surface area contributed by atoms with Crippen LogP contribution in [-0.2, 0) is 4.79 Å². The van der Waals surface area contributed by atoms with E-state index in [4.69, 9.17) is 9.47 Å². The Bertz CT molecular complexity index is 763. The zero-order chi connectivity index (χ0) is 19.1. The van der Waals surface area contributed by atoms with Crippen molar-refractivity contribution in [3.63, 3.8) is 0 Å². The highest BCUT2D eigenvalue weighted by molar-refractivity contribution is 9.10. The van der Waals surface area contributed by atoms with Gasteiger partial charge in [-0.05, 0) is 50.2 Å². The van der Waals surface area contributed by atoms with E-state index in [0.29, 0.717) is 12.3 Å². The van der Waals surface area contributed by atoms with Gasteiger partial charge in [0.2, 0.25) is 0 Å². The first kappa shape index (κ1) is 19.7. The van der Waals surface area contributed by atoms with E-state index in [9.17, 15) is 4.79 Å². The smallest absolute Gasteiger partial charge is 0.258 e. The lowest BCUT2D eigenvalue weighted by atomic mass is 10.0. The Balaban J connectivity index is 1.61. The van der Waals surface area contributed by atoms with Gasteiger partial charge in [0.1, 0.15) is 11.5 Å². The molecule has 5 nitrogen and oxygen atoms in total. The molecular formula is C21H25BrN2O3. The number of benzene rings is 2. The summed E-state index contributed by atoms with van der Waals surface area (Å²) in [6.07, 6.45) is 2.37. The number of methoxy groups -OCH3 is 1. The van der Waals surface area contributed by atoms with Gasteiger partial charge in [0, 0.05) is 16.6 Å². The molecule has 0 bridgehead atoms. The van der Waals surface area contributed by atoms with Crippen molar-refractivity contribution in [2.24, 2.45) is 0 Å². The minimum atomic E-state index is -0.130. The number of para-hydroxylation sites is 1. The number of hydrogen-bond donors (Lipinski definition) is 1. The molecule has 1 aliphatic rings. The van der Waals surface area contributed by atoms with Crippen LogP contribution in [0.4, 0.5) is 0 Å². The number of carbonyl (C=O) groups excluding carboxylic acids is 1. The second-order valence-electron chi connectivity index (χ2n) is 6.55. The Labute approximate surface area is 168 Å². The Kier molecular flexibility index (Phi) is 7.12. The minimum absolute atomic E-state index is 0.00486. The molecule has 144 valence electrons. The highest BCUT2D eigenvalue weighted by atomic mass is 79.9. The Morgan fingerprint density at radius 2 is 1.96 bits per heavy atom. The van der Waals surface area contributed by atoms with Gasteiger partial charge in [-0.25, -0.2) is 0 Å². The molecule has 1 N–H and O–H groups in total. The monoisotopic (exact) mass is 432 g/mol. The molecule has 1 aliphatic heterocycles. The molecule has 0 saturated carbocycles. The topological polar surface area (TPSA) is 50.8 Å². The molecule has 1 heterocycles. The fourth-order valence-corrected chi connectivity index (χ4v) is 3.78. The Morgan fingerprint density at radius 1 is 1.19 bits per heavy atom. The normalized spacial score (nSPS) is 15.3. The number of likely N-dealkylation sites (tertiary alicyclic amines) is 1. The van der Waals surface area contributed by atoms with E-state index in [1.165, 1.54) is 12.8 Å². The summed E-state index contributed by atoms with van der Waals surface area (Å²) in [6, 6.07) is 15.6. The van der Waals surface area contributed by atoms with Crippen molar-refractivity contribution in [1.29, 1.82) is 0 Å². The van der Waals surface area contributed by atoms with Gasteiger partial charge >= 0.3 is 0 Å². The lowest BCUT2D eigenvalue weighted by molar-refractivity contribution is -0.123. The maximum atomic E-state index is 12.3. The third-order valence-electron chi connectivity index (χ3n) is 4.74. The molecule has 1 unspecified atom stereocenters. The van der Waals surface area contributed by atoms with Crippen LogP contribution in [0.5, 0.6) is 11.5 Å². The van der Waals surface area contributed by atoms with Crippen molar-refractivity contribution in [3.05, 3.63) is 58.6 Å². The van der Waals surface area contributed by atoms with Gasteiger partial charge in [0.15, 0.2) is 6.61 Å². The predicted octanol–water partition coefficient (Wildman–Crippen LogP) is 3.79. The second kappa shape index (κ2) is 9.76. The first-order valence-corrected chi connectivity index (χ1v) is 9.98. The van der Waals surface area contributed by atoms with Crippen LogP contribution in [0.1, 0.15) is 24.4 Å². The predicted molar refractivity (Wildman–Crippen MR) is 109 cm³/mol. The summed E-state index contributed by atoms with van der Waals surface area (Å²) < 4.78 is 12.0. The molecule has 3 rings (SSSR count). The molecule has 27 heavy (non-hydrogen) atoms. The van der Waals surface area contributed by atoms with Crippen LogP contribution in [0, 0.1) is 0 Å². The number of nitrogens with one attached hydrogen (secondary N) is 1. The maximum absolute atomic E-state index is 12.3. The number of hydrogen-bond acceptors (Lipinski definition) is 4. The Hall–Kier alpha value is -2.05. The largest absolute Gasteiger partial charge is 0.496 e. The van der Waals surface area contributed by atoms with Crippen LogP contribution in [0.3, 0.4) is 0 Å². The van der Waals surface area contributed by atoms with Crippen LogP contribution in [-0.4, -0.2) is 44.2 Å². The van der Waals surface area contributed by atoms with E-state index in [1.54, 1.807) is 7.11 Å². The van der Waals surface area contributed by atoms with E-state index < -0.39 is 0 Å². The molecule has 1 fully saturated rings. The number of amides is 1. The van der Waals surface area contributed by atoms with Gasteiger partial charge in [-0.3, -0.25) is 9.69 Å². The van der Waals surface area contributed by atoms with E-state index in [1.807, 2.05) is 42.5 Å². The fourth-order valence-electron chi connectivity index (χ4n) is 3.40. The van der Waals surface area contributed by atoms with Gasteiger partial charge in [-0.15, -0.1) is 0 Å². The second-order valence-corrected chi connectivity index (χ2v) is 7.47. The number of rotatable bonds is 8. The lowest BCUT2D eigenvalue weighted by Gasteiger charge is -2.29. The zero-order valence-corrected chi connectivity index (χ0v) is 17.1. The van der Waals surface area contributed by atoms with Gasteiger partial charge in [-0.1, -0.05) is 40.2 Å². The number of carbonyl (C=O) groups is 1. The number of nitrogens with zero attached hydrogens (tertiary/aromatic N) is 1. The summed E-state index contributed by atoms with van der Waals surface area (Å²) in [5.74, 6) is 1.39. The summed E-state index contributed by atoms with van der Waals surface area (Å²) in [7, 11) is 1.68. The average Bonchev–Trinajstić information content (AvgIpc) is 3.21. The fraction of sp³-hybridized carbons (Fsp3) is 0.381. The van der Waals surface area contributed by atoms with Gasteiger partial charge in [-0.2, -0.15) is 0 Å². The van der Waals surface area contributed by atoms with Crippen molar-refractivity contribution in [3.8, 4) is 11.5 Å². The molecule has 0 aromatic heterocycles. The van der Waals surface area contributed by atoms with Gasteiger partial charge in [0.25, 0.3) is 5.91 Å². The molecule has 2 aromatic carbocycles. The standard InChI is InChI=1S/C21H25BrN2O3/c1-26-20-10-3-2-9-18(20)19(24-11-4-5-12-24)14-23-21(25)15-27-17-8-6-7-16(22)13-17/h2-3,6-10,13,19H,4-5,11-12,14-15H2,1H3,(H,23,25). The zero-order valence-electron chi connectivity index (χ0n) is 15.5. The van der Waals surface area contributed by atoms with Crippen LogP contribution < -0.4 is 14.8 Å². The highest BCUT2D eigenvalue weighted by Gasteiger charge is 2.26. The summed E-state index contributed by atoms with van der Waals surface area (Å²) >= 11 is 3.40. The summed E-state index contributed by atoms with van der Waals surface area (Å²) in [4.78, 5) is 14.7. The SMILES string of the molecule is COc1ccccc1C(CNC(=O)COc1cccc(Br)c1)N1CCCC1. The van der Waals surface area contributed by atoms with E-state index >= 15 is 0 Å². The van der Waals surface area contributed by atoms with Crippen LogP contribution in [0.2, 0.25) is 0 Å². The maximum Gasteiger partial charge on any atom is 0.258 e. The summed E-state index contributed by atoms with van der Waals surface area (Å²) in [5.41, 5.74) is 1.11. The minimum Gasteiger partial charge on any atom is -0.496 e. The van der Waals surface area contributed by atoms with Crippen LogP contribution >= 0.6 is 15.9 Å². The van der Waals surface area contributed by atoms with E-state index in [2.05, 4.69) is 32.2 Å². The molecule has 1 amide bonds. The first-order chi connectivity index (χ1) is 13.2. The van der Waals surface area contributed by atoms with Crippen molar-refractivity contribution >= 4 is 21.8 Å². The first-order valence-electron chi connectivity index (χ1n) is 9.19. The molecular weight excluding hydrogens is 408 g/mol. The molecule has 2 aromatic rings. The molecule has 0 spiro atoms. The van der Waals surface area contributed by atoms with E-state index in [-0.39, 0.29) is 18.6 Å². The van der Waals surface area contributed by atoms with Crippen LogP contribution in [0.15, 0.2) is 53.0 Å². The molecule has 1 atom stereocenters. The third-order valence-corrected chi connectivity index (χ3v) is 5.23. The molecule has 0 radical (unpaired) electrons. The summed E-state index contributed by atoms with van der Waals surface area (Å²) in [5, 5.41) is 3.02. The highest BCUT2D eigenvalue weighted by Crippen LogP contribution is 2.31. The molecule has 0 aliphatic carbocycles. The molecule has 6 heteroatoms. The quantitative estimate of drug-likeness (QED) is 0.689.